The van der Waals surface area contributed by atoms with Crippen LogP contribution in [0.3, 0.4) is 0 Å². The number of ether oxygens (including phenoxy) is 1. The number of nitrogens with one attached hydrogen (secondary N) is 1. The highest BCUT2D eigenvalue weighted by molar-refractivity contribution is 5.96. The Hall–Kier alpha value is -2.19. The van der Waals surface area contributed by atoms with Gasteiger partial charge in [0.05, 0.1) is 17.1 Å². The molecule has 4 rings (SSSR count). The summed E-state index contributed by atoms with van der Waals surface area (Å²) in [5.74, 6) is 0.321. The van der Waals surface area contributed by atoms with Gasteiger partial charge in [-0.3, -0.25) is 4.79 Å². The van der Waals surface area contributed by atoms with Crippen molar-refractivity contribution in [3.63, 3.8) is 0 Å². The SMILES string of the molecule is Cc1ccc(-c2nc3cc(F)ccc3n2C)cc1NC(=O)C(N)C1CCOCC1.Cl.Cl. The summed E-state index contributed by atoms with van der Waals surface area (Å²) in [6, 6.07) is 9.76. The molecule has 0 radical (unpaired) electrons. The van der Waals surface area contributed by atoms with Crippen molar-refractivity contribution in [3.05, 3.63) is 47.8 Å². The lowest BCUT2D eigenvalue weighted by Gasteiger charge is -2.27. The zero-order valence-electron chi connectivity index (χ0n) is 17.4. The smallest absolute Gasteiger partial charge is 0.241 e. The molecule has 3 aromatic rings. The number of aryl methyl sites for hydroxylation is 2. The summed E-state index contributed by atoms with van der Waals surface area (Å²) >= 11 is 0. The molecule has 0 bridgehead atoms. The van der Waals surface area contributed by atoms with E-state index in [9.17, 15) is 9.18 Å². The predicted octanol–water partition coefficient (Wildman–Crippen LogP) is 4.22. The maximum Gasteiger partial charge on any atom is 0.241 e. The number of benzene rings is 2. The monoisotopic (exact) mass is 468 g/mol. The normalized spacial score (nSPS) is 15.1. The van der Waals surface area contributed by atoms with Crippen LogP contribution in [0.5, 0.6) is 0 Å². The van der Waals surface area contributed by atoms with Gasteiger partial charge < -0.3 is 20.4 Å². The minimum atomic E-state index is -0.569. The lowest BCUT2D eigenvalue weighted by atomic mass is 9.91. The van der Waals surface area contributed by atoms with E-state index in [1.165, 1.54) is 12.1 Å². The molecule has 1 amide bonds. The first-order chi connectivity index (χ1) is 13.9. The van der Waals surface area contributed by atoms with Crippen molar-refractivity contribution in [2.75, 3.05) is 18.5 Å². The van der Waals surface area contributed by atoms with Crippen LogP contribution in [0.4, 0.5) is 10.1 Å². The van der Waals surface area contributed by atoms with Crippen LogP contribution in [0.1, 0.15) is 18.4 Å². The molecule has 1 saturated heterocycles. The topological polar surface area (TPSA) is 82.2 Å². The highest BCUT2D eigenvalue weighted by Gasteiger charge is 2.27. The summed E-state index contributed by atoms with van der Waals surface area (Å²) < 4.78 is 20.8. The number of nitrogens with zero attached hydrogens (tertiary/aromatic N) is 2. The molecule has 0 spiro atoms. The van der Waals surface area contributed by atoms with E-state index in [0.717, 1.165) is 29.5 Å². The molecule has 0 aliphatic carbocycles. The fourth-order valence-electron chi connectivity index (χ4n) is 3.83. The highest BCUT2D eigenvalue weighted by atomic mass is 35.5. The van der Waals surface area contributed by atoms with Gasteiger partial charge in [0, 0.05) is 37.6 Å². The molecule has 2 aromatic carbocycles. The number of hydrogen-bond acceptors (Lipinski definition) is 4. The summed E-state index contributed by atoms with van der Waals surface area (Å²) in [6.45, 7) is 3.23. The average Bonchev–Trinajstić information content (AvgIpc) is 3.05. The van der Waals surface area contributed by atoms with Crippen LogP contribution in [0.15, 0.2) is 36.4 Å². The molecule has 2 heterocycles. The minimum Gasteiger partial charge on any atom is -0.381 e. The molecule has 3 N–H and O–H groups in total. The van der Waals surface area contributed by atoms with Gasteiger partial charge in [-0.1, -0.05) is 12.1 Å². The molecule has 1 aromatic heterocycles. The maximum atomic E-state index is 13.6. The van der Waals surface area contributed by atoms with E-state index in [2.05, 4.69) is 10.3 Å². The van der Waals surface area contributed by atoms with E-state index >= 15 is 0 Å². The summed E-state index contributed by atoms with van der Waals surface area (Å²) in [6.07, 6.45) is 1.59. The second-order valence-electron chi connectivity index (χ2n) is 7.62. The summed E-state index contributed by atoms with van der Waals surface area (Å²) in [5, 5.41) is 2.98. The van der Waals surface area contributed by atoms with Crippen LogP contribution in [-0.4, -0.2) is 34.7 Å². The summed E-state index contributed by atoms with van der Waals surface area (Å²) in [7, 11) is 1.89. The van der Waals surface area contributed by atoms with Crippen molar-refractivity contribution in [1.82, 2.24) is 9.55 Å². The molecular formula is C22H27Cl2FN4O2. The Labute approximate surface area is 193 Å². The van der Waals surface area contributed by atoms with Crippen molar-refractivity contribution in [2.24, 2.45) is 18.7 Å². The Morgan fingerprint density at radius 3 is 2.65 bits per heavy atom. The van der Waals surface area contributed by atoms with Gasteiger partial charge in [-0.2, -0.15) is 0 Å². The van der Waals surface area contributed by atoms with Crippen molar-refractivity contribution >= 4 is 47.4 Å². The van der Waals surface area contributed by atoms with Crippen LogP contribution >= 0.6 is 24.8 Å². The fraction of sp³-hybridized carbons (Fsp3) is 0.364. The number of halogens is 3. The Morgan fingerprint density at radius 2 is 1.94 bits per heavy atom. The largest absolute Gasteiger partial charge is 0.381 e. The van der Waals surface area contributed by atoms with Gasteiger partial charge in [-0.05, 0) is 49.4 Å². The number of imidazole rings is 1. The van der Waals surface area contributed by atoms with E-state index in [1.807, 2.05) is 36.7 Å². The van der Waals surface area contributed by atoms with E-state index in [-0.39, 0.29) is 42.5 Å². The standard InChI is InChI=1S/C22H25FN4O2.2ClH/c1-13-3-4-15(21-25-18-12-16(23)5-6-19(18)27(21)2)11-17(13)26-22(28)20(24)14-7-9-29-10-8-14;;/h3-6,11-12,14,20H,7-10,24H2,1-2H3,(H,26,28);2*1H. The summed E-state index contributed by atoms with van der Waals surface area (Å²) in [4.78, 5) is 17.3. The first kappa shape index (κ1) is 25.1. The Kier molecular flexibility index (Phi) is 8.42. The molecular weight excluding hydrogens is 442 g/mol. The van der Waals surface area contributed by atoms with Crippen LogP contribution in [-0.2, 0) is 16.6 Å². The molecule has 1 fully saturated rings. The van der Waals surface area contributed by atoms with Crippen LogP contribution in [0, 0.1) is 18.7 Å². The lowest BCUT2D eigenvalue weighted by Crippen LogP contribution is -2.44. The minimum absolute atomic E-state index is 0. The van der Waals surface area contributed by atoms with Gasteiger partial charge in [0.25, 0.3) is 0 Å². The molecule has 1 aliphatic rings. The van der Waals surface area contributed by atoms with Gasteiger partial charge in [-0.25, -0.2) is 9.37 Å². The number of carbonyl (C=O) groups is 1. The van der Waals surface area contributed by atoms with Crippen molar-refractivity contribution in [1.29, 1.82) is 0 Å². The summed E-state index contributed by atoms with van der Waals surface area (Å²) in [5.41, 5.74) is 10.1. The third-order valence-electron chi connectivity index (χ3n) is 5.67. The second-order valence-corrected chi connectivity index (χ2v) is 7.62. The Bertz CT molecular complexity index is 1070. The molecule has 9 heteroatoms. The molecule has 1 atom stereocenters. The lowest BCUT2D eigenvalue weighted by molar-refractivity contribution is -0.119. The van der Waals surface area contributed by atoms with Gasteiger partial charge in [0.2, 0.25) is 5.91 Å². The number of aromatic nitrogens is 2. The highest BCUT2D eigenvalue weighted by Crippen LogP contribution is 2.28. The Balaban J connectivity index is 0.00000171. The van der Waals surface area contributed by atoms with Crippen molar-refractivity contribution in [3.8, 4) is 11.4 Å². The van der Waals surface area contributed by atoms with Crippen molar-refractivity contribution < 1.29 is 13.9 Å². The maximum absolute atomic E-state index is 13.6. The van der Waals surface area contributed by atoms with Crippen LogP contribution < -0.4 is 11.1 Å². The first-order valence-corrected chi connectivity index (χ1v) is 9.81. The quantitative estimate of drug-likeness (QED) is 0.600. The zero-order valence-corrected chi connectivity index (χ0v) is 19.1. The number of anilines is 1. The molecule has 1 unspecified atom stereocenters. The van der Waals surface area contributed by atoms with Gasteiger partial charge >= 0.3 is 0 Å². The molecule has 31 heavy (non-hydrogen) atoms. The van der Waals surface area contributed by atoms with E-state index in [0.29, 0.717) is 30.2 Å². The van der Waals surface area contributed by atoms with Gasteiger partial charge in [-0.15, -0.1) is 24.8 Å². The second kappa shape index (κ2) is 10.4. The molecule has 1 aliphatic heterocycles. The Morgan fingerprint density at radius 1 is 1.23 bits per heavy atom. The van der Waals surface area contributed by atoms with Crippen LogP contribution in [0.25, 0.3) is 22.4 Å². The van der Waals surface area contributed by atoms with E-state index in [1.54, 1.807) is 6.07 Å². The fourth-order valence-corrected chi connectivity index (χ4v) is 3.83. The molecule has 6 nitrogen and oxygen atoms in total. The predicted molar refractivity (Wildman–Crippen MR) is 125 cm³/mol. The third kappa shape index (κ3) is 5.18. The van der Waals surface area contributed by atoms with E-state index < -0.39 is 6.04 Å². The van der Waals surface area contributed by atoms with Crippen LogP contribution in [0.2, 0.25) is 0 Å². The number of rotatable bonds is 4. The van der Waals surface area contributed by atoms with Gasteiger partial charge in [0.15, 0.2) is 0 Å². The van der Waals surface area contributed by atoms with Crippen molar-refractivity contribution in [2.45, 2.75) is 25.8 Å². The molecule has 168 valence electrons. The number of hydrogen-bond donors (Lipinski definition) is 2. The zero-order chi connectivity index (χ0) is 20.5. The first-order valence-electron chi connectivity index (χ1n) is 9.81. The van der Waals surface area contributed by atoms with E-state index in [4.69, 9.17) is 10.5 Å². The molecule has 0 saturated carbocycles. The number of carbonyl (C=O) groups excluding carboxylic acids is 1. The third-order valence-corrected chi connectivity index (χ3v) is 5.67. The number of fused-ring (bicyclic) bond motifs is 1. The average molecular weight is 469 g/mol. The number of nitrogens with two attached hydrogens (primary N) is 1. The van der Waals surface area contributed by atoms with Gasteiger partial charge in [0.1, 0.15) is 11.6 Å². The number of amides is 1.